The predicted molar refractivity (Wildman–Crippen MR) is 51.2 cm³/mol. The lowest BCUT2D eigenvalue weighted by molar-refractivity contribution is 0.223. The van der Waals surface area contributed by atoms with Crippen molar-refractivity contribution in [3.05, 3.63) is 12.2 Å². The van der Waals surface area contributed by atoms with Crippen LogP contribution in [0.3, 0.4) is 0 Å². The number of rotatable bonds is 2. The third-order valence-corrected chi connectivity index (χ3v) is 2.72. The quantitative estimate of drug-likeness (QED) is 0.457. The summed E-state index contributed by atoms with van der Waals surface area (Å²) in [5, 5.41) is 0. The molecule has 0 heterocycles. The molecule has 0 aromatic heterocycles. The van der Waals surface area contributed by atoms with E-state index in [2.05, 4.69) is 31.8 Å². The summed E-state index contributed by atoms with van der Waals surface area (Å²) in [7, 11) is -1.30. The molecule has 1 aliphatic carbocycles. The molecular formula is C9H18OSi. The van der Waals surface area contributed by atoms with Gasteiger partial charge in [-0.15, -0.1) is 0 Å². The molecule has 1 atom stereocenters. The lowest BCUT2D eigenvalue weighted by atomic mass is 10.1. The van der Waals surface area contributed by atoms with Gasteiger partial charge in [-0.1, -0.05) is 12.2 Å². The van der Waals surface area contributed by atoms with Gasteiger partial charge in [0.1, 0.15) is 0 Å². The van der Waals surface area contributed by atoms with Crippen LogP contribution >= 0.6 is 0 Å². The van der Waals surface area contributed by atoms with Crippen molar-refractivity contribution in [2.45, 2.75) is 45.0 Å². The summed E-state index contributed by atoms with van der Waals surface area (Å²) in [5.74, 6) is 0. The van der Waals surface area contributed by atoms with Crippen LogP contribution in [0.1, 0.15) is 19.3 Å². The fourth-order valence-electron chi connectivity index (χ4n) is 1.33. The smallest absolute Gasteiger partial charge is 0.184 e. The third-order valence-electron chi connectivity index (χ3n) is 1.72. The Balaban J connectivity index is 2.36. The van der Waals surface area contributed by atoms with E-state index in [1.54, 1.807) is 0 Å². The van der Waals surface area contributed by atoms with E-state index in [-0.39, 0.29) is 0 Å². The molecule has 0 radical (unpaired) electrons. The summed E-state index contributed by atoms with van der Waals surface area (Å²) in [6.45, 7) is 6.74. The van der Waals surface area contributed by atoms with E-state index in [1.165, 1.54) is 19.3 Å². The van der Waals surface area contributed by atoms with Gasteiger partial charge in [-0.05, 0) is 38.9 Å². The lowest BCUT2D eigenvalue weighted by Gasteiger charge is -2.25. The highest BCUT2D eigenvalue weighted by Crippen LogP contribution is 2.17. The van der Waals surface area contributed by atoms with Crippen molar-refractivity contribution >= 4 is 8.32 Å². The van der Waals surface area contributed by atoms with Gasteiger partial charge in [0, 0.05) is 0 Å². The van der Waals surface area contributed by atoms with Crippen LogP contribution in [-0.4, -0.2) is 14.4 Å². The molecule has 0 saturated carbocycles. The van der Waals surface area contributed by atoms with Crippen LogP contribution < -0.4 is 0 Å². The first kappa shape index (κ1) is 9.01. The highest BCUT2D eigenvalue weighted by atomic mass is 28.4. The van der Waals surface area contributed by atoms with E-state index < -0.39 is 8.32 Å². The zero-order valence-corrected chi connectivity index (χ0v) is 8.76. The SMILES string of the molecule is C[Si](C)(C)OC1C=CCCC1. The molecule has 0 saturated heterocycles. The van der Waals surface area contributed by atoms with Gasteiger partial charge in [0.2, 0.25) is 0 Å². The second-order valence-electron chi connectivity index (χ2n) is 4.13. The molecule has 64 valence electrons. The Morgan fingerprint density at radius 1 is 1.36 bits per heavy atom. The summed E-state index contributed by atoms with van der Waals surface area (Å²) >= 11 is 0. The first-order valence-corrected chi connectivity index (χ1v) is 7.83. The molecule has 0 aromatic rings. The molecule has 2 heteroatoms. The number of allylic oxidation sites excluding steroid dienone is 1. The maximum Gasteiger partial charge on any atom is 0.184 e. The van der Waals surface area contributed by atoms with Crippen molar-refractivity contribution in [1.29, 1.82) is 0 Å². The molecule has 0 aliphatic heterocycles. The average Bonchev–Trinajstić information content (AvgIpc) is 1.85. The van der Waals surface area contributed by atoms with Crippen molar-refractivity contribution in [1.82, 2.24) is 0 Å². The Hall–Kier alpha value is -0.0831. The molecule has 0 N–H and O–H groups in total. The Morgan fingerprint density at radius 2 is 2.09 bits per heavy atom. The van der Waals surface area contributed by atoms with Gasteiger partial charge in [0.25, 0.3) is 0 Å². The zero-order chi connectivity index (χ0) is 8.32. The van der Waals surface area contributed by atoms with E-state index in [0.717, 1.165) is 0 Å². The lowest BCUT2D eigenvalue weighted by Crippen LogP contribution is -2.31. The third kappa shape index (κ3) is 3.73. The predicted octanol–water partition coefficient (Wildman–Crippen LogP) is 2.95. The van der Waals surface area contributed by atoms with E-state index in [0.29, 0.717) is 6.10 Å². The van der Waals surface area contributed by atoms with Crippen LogP contribution in [0.5, 0.6) is 0 Å². The maximum absolute atomic E-state index is 5.93. The normalized spacial score (nSPS) is 25.5. The van der Waals surface area contributed by atoms with Crippen LogP contribution in [-0.2, 0) is 4.43 Å². The number of hydrogen-bond acceptors (Lipinski definition) is 1. The summed E-state index contributed by atoms with van der Waals surface area (Å²) < 4.78 is 5.93. The molecular weight excluding hydrogens is 152 g/mol. The standard InChI is InChI=1S/C9H18OSi/c1-11(2,3)10-9-7-5-4-6-8-9/h5,7,9H,4,6,8H2,1-3H3. The minimum absolute atomic E-state index is 0.426. The fraction of sp³-hybridized carbons (Fsp3) is 0.778. The van der Waals surface area contributed by atoms with E-state index in [1.807, 2.05) is 0 Å². The molecule has 0 spiro atoms. The van der Waals surface area contributed by atoms with Crippen molar-refractivity contribution in [2.75, 3.05) is 0 Å². The summed E-state index contributed by atoms with van der Waals surface area (Å²) in [6, 6.07) is 0. The Bertz CT molecular complexity index is 146. The van der Waals surface area contributed by atoms with Crippen molar-refractivity contribution < 1.29 is 4.43 Å². The van der Waals surface area contributed by atoms with Gasteiger partial charge >= 0.3 is 0 Å². The topological polar surface area (TPSA) is 9.23 Å². The zero-order valence-electron chi connectivity index (χ0n) is 7.76. The van der Waals surface area contributed by atoms with Crippen molar-refractivity contribution in [2.24, 2.45) is 0 Å². The highest BCUT2D eigenvalue weighted by molar-refractivity contribution is 6.69. The molecule has 1 aliphatic rings. The molecule has 0 bridgehead atoms. The maximum atomic E-state index is 5.93. The van der Waals surface area contributed by atoms with Crippen molar-refractivity contribution in [3.63, 3.8) is 0 Å². The molecule has 0 aromatic carbocycles. The van der Waals surface area contributed by atoms with E-state index in [9.17, 15) is 0 Å². The van der Waals surface area contributed by atoms with Crippen LogP contribution in [0, 0.1) is 0 Å². The first-order chi connectivity index (χ1) is 5.08. The minimum Gasteiger partial charge on any atom is -0.411 e. The second-order valence-corrected chi connectivity index (χ2v) is 8.59. The second kappa shape index (κ2) is 3.54. The Kier molecular flexibility index (Phi) is 2.90. The largest absolute Gasteiger partial charge is 0.411 e. The average molecular weight is 170 g/mol. The first-order valence-electron chi connectivity index (χ1n) is 4.42. The van der Waals surface area contributed by atoms with Gasteiger partial charge < -0.3 is 4.43 Å². The molecule has 1 unspecified atom stereocenters. The highest BCUT2D eigenvalue weighted by Gasteiger charge is 2.19. The summed E-state index contributed by atoms with van der Waals surface area (Å²) in [4.78, 5) is 0. The fourth-order valence-corrected chi connectivity index (χ4v) is 2.44. The van der Waals surface area contributed by atoms with Crippen molar-refractivity contribution in [3.8, 4) is 0 Å². The van der Waals surface area contributed by atoms with Gasteiger partial charge in [0.15, 0.2) is 8.32 Å². The van der Waals surface area contributed by atoms with E-state index >= 15 is 0 Å². The monoisotopic (exact) mass is 170 g/mol. The van der Waals surface area contributed by atoms with Crippen LogP contribution in [0.2, 0.25) is 19.6 Å². The molecule has 0 amide bonds. The van der Waals surface area contributed by atoms with Gasteiger partial charge in [-0.2, -0.15) is 0 Å². The Morgan fingerprint density at radius 3 is 2.55 bits per heavy atom. The minimum atomic E-state index is -1.30. The van der Waals surface area contributed by atoms with Gasteiger partial charge in [-0.3, -0.25) is 0 Å². The van der Waals surface area contributed by atoms with Gasteiger partial charge in [-0.25, -0.2) is 0 Å². The molecule has 1 rings (SSSR count). The molecule has 11 heavy (non-hydrogen) atoms. The van der Waals surface area contributed by atoms with Crippen LogP contribution in [0.4, 0.5) is 0 Å². The molecule has 0 fully saturated rings. The Labute approximate surface area is 70.6 Å². The van der Waals surface area contributed by atoms with Crippen LogP contribution in [0.25, 0.3) is 0 Å². The molecule has 1 nitrogen and oxygen atoms in total. The summed E-state index contributed by atoms with van der Waals surface area (Å²) in [5.41, 5.74) is 0. The number of hydrogen-bond donors (Lipinski definition) is 0. The summed E-state index contributed by atoms with van der Waals surface area (Å²) in [6.07, 6.45) is 8.66. The van der Waals surface area contributed by atoms with Crippen LogP contribution in [0.15, 0.2) is 12.2 Å². The van der Waals surface area contributed by atoms with Gasteiger partial charge in [0.05, 0.1) is 6.10 Å². The van der Waals surface area contributed by atoms with E-state index in [4.69, 9.17) is 4.43 Å².